The average Bonchev–Trinajstić information content (AvgIpc) is 2.46. The highest BCUT2D eigenvalue weighted by Crippen LogP contribution is 2.19. The van der Waals surface area contributed by atoms with Crippen LogP contribution in [-0.2, 0) is 6.61 Å². The van der Waals surface area contributed by atoms with Crippen molar-refractivity contribution in [2.75, 3.05) is 7.05 Å². The number of pyridine rings is 1. The molecule has 3 nitrogen and oxygen atoms in total. The molecular weight excluding hydrogens is 304 g/mol. The van der Waals surface area contributed by atoms with Crippen LogP contribution >= 0.6 is 15.9 Å². The van der Waals surface area contributed by atoms with Crippen molar-refractivity contribution in [2.45, 2.75) is 19.6 Å². The lowest BCUT2D eigenvalue weighted by atomic mass is 10.2. The molecule has 19 heavy (non-hydrogen) atoms. The Hall–Kier alpha value is -1.39. The highest BCUT2D eigenvalue weighted by molar-refractivity contribution is 9.10. The first-order chi connectivity index (χ1) is 9.20. The summed E-state index contributed by atoms with van der Waals surface area (Å²) in [6.07, 6.45) is 1.76. The van der Waals surface area contributed by atoms with Gasteiger partial charge in [-0.25, -0.2) is 0 Å². The van der Waals surface area contributed by atoms with E-state index >= 15 is 0 Å². The molecule has 2 rings (SSSR count). The van der Waals surface area contributed by atoms with Gasteiger partial charge in [-0.3, -0.25) is 4.98 Å². The summed E-state index contributed by atoms with van der Waals surface area (Å²) in [6.45, 7) is 2.61. The van der Waals surface area contributed by atoms with Gasteiger partial charge in [0.25, 0.3) is 0 Å². The predicted octanol–water partition coefficient (Wildman–Crippen LogP) is 3.70. The highest BCUT2D eigenvalue weighted by Gasteiger charge is 2.04. The van der Waals surface area contributed by atoms with Crippen LogP contribution in [0.2, 0.25) is 0 Å². The predicted molar refractivity (Wildman–Crippen MR) is 80.2 cm³/mol. The molecule has 0 fully saturated rings. The quantitative estimate of drug-likeness (QED) is 0.912. The molecule has 0 saturated carbocycles. The number of rotatable bonds is 5. The van der Waals surface area contributed by atoms with E-state index in [0.717, 1.165) is 21.5 Å². The molecule has 100 valence electrons. The van der Waals surface area contributed by atoms with Crippen LogP contribution in [0.1, 0.15) is 24.2 Å². The zero-order valence-electron chi connectivity index (χ0n) is 11.1. The molecule has 1 unspecified atom stereocenters. The topological polar surface area (TPSA) is 34.1 Å². The zero-order chi connectivity index (χ0) is 13.7. The number of hydrogen-bond donors (Lipinski definition) is 1. The van der Waals surface area contributed by atoms with E-state index in [2.05, 4.69) is 33.2 Å². The Balaban J connectivity index is 1.99. The first-order valence-corrected chi connectivity index (χ1v) is 6.99. The van der Waals surface area contributed by atoms with Gasteiger partial charge < -0.3 is 10.1 Å². The van der Waals surface area contributed by atoms with Gasteiger partial charge >= 0.3 is 0 Å². The van der Waals surface area contributed by atoms with Crippen molar-refractivity contribution in [1.82, 2.24) is 10.3 Å². The summed E-state index contributed by atoms with van der Waals surface area (Å²) in [5, 5.41) is 3.16. The average molecular weight is 321 g/mol. The summed E-state index contributed by atoms with van der Waals surface area (Å²) in [4.78, 5) is 4.38. The first-order valence-electron chi connectivity index (χ1n) is 6.20. The fraction of sp³-hybridized carbons (Fsp3) is 0.267. The van der Waals surface area contributed by atoms with Crippen LogP contribution in [0.25, 0.3) is 0 Å². The minimum Gasteiger partial charge on any atom is -0.487 e. The third-order valence-electron chi connectivity index (χ3n) is 2.99. The molecular formula is C15H17BrN2O. The molecule has 0 spiro atoms. The minimum atomic E-state index is 0.248. The molecule has 0 aliphatic heterocycles. The normalized spacial score (nSPS) is 12.2. The number of halogens is 1. The number of ether oxygens (including phenoxy) is 1. The molecule has 0 bridgehead atoms. The van der Waals surface area contributed by atoms with Crippen molar-refractivity contribution in [3.05, 3.63) is 58.3 Å². The highest BCUT2D eigenvalue weighted by atomic mass is 79.9. The van der Waals surface area contributed by atoms with Crippen molar-refractivity contribution in [1.29, 1.82) is 0 Å². The van der Waals surface area contributed by atoms with Crippen LogP contribution in [0.4, 0.5) is 0 Å². The van der Waals surface area contributed by atoms with Gasteiger partial charge in [0.2, 0.25) is 0 Å². The van der Waals surface area contributed by atoms with Gasteiger partial charge in [-0.05, 0) is 32.2 Å². The molecule has 0 aliphatic rings. The van der Waals surface area contributed by atoms with Crippen molar-refractivity contribution >= 4 is 15.9 Å². The number of nitrogens with one attached hydrogen (secondary N) is 1. The smallest absolute Gasteiger partial charge is 0.138 e. The van der Waals surface area contributed by atoms with Gasteiger partial charge in [0.15, 0.2) is 0 Å². The Morgan fingerprint density at radius 3 is 2.68 bits per heavy atom. The molecule has 1 atom stereocenters. The Morgan fingerprint density at radius 1 is 1.26 bits per heavy atom. The number of nitrogens with zero attached hydrogens (tertiary/aromatic N) is 1. The van der Waals surface area contributed by atoms with E-state index in [1.54, 1.807) is 6.20 Å². The van der Waals surface area contributed by atoms with Crippen molar-refractivity contribution in [2.24, 2.45) is 0 Å². The Kier molecular flexibility index (Phi) is 4.93. The lowest BCUT2D eigenvalue weighted by Crippen LogP contribution is -2.13. The fourth-order valence-electron chi connectivity index (χ4n) is 1.66. The third kappa shape index (κ3) is 3.78. The van der Waals surface area contributed by atoms with Crippen LogP contribution < -0.4 is 10.1 Å². The summed E-state index contributed by atoms with van der Waals surface area (Å²) in [6, 6.07) is 12.2. The molecule has 0 radical (unpaired) electrons. The molecule has 4 heteroatoms. The number of benzene rings is 1. The van der Waals surface area contributed by atoms with E-state index in [1.807, 2.05) is 43.4 Å². The molecule has 1 heterocycles. The van der Waals surface area contributed by atoms with Crippen molar-refractivity contribution in [3.63, 3.8) is 0 Å². The van der Waals surface area contributed by atoms with Gasteiger partial charge in [0.1, 0.15) is 12.4 Å². The summed E-state index contributed by atoms with van der Waals surface area (Å²) < 4.78 is 6.79. The summed E-state index contributed by atoms with van der Waals surface area (Å²) in [5.74, 6) is 0.780. The monoisotopic (exact) mass is 320 g/mol. The standard InChI is InChI=1S/C15H17BrN2O/c1-11(17-2)15-8-7-13(9-18-15)19-10-12-5-3-4-6-14(12)16/h3-9,11,17H,10H2,1-2H3. The van der Waals surface area contributed by atoms with Crippen LogP contribution in [0.5, 0.6) is 5.75 Å². The molecule has 1 N–H and O–H groups in total. The van der Waals surface area contributed by atoms with Gasteiger partial charge in [-0.2, -0.15) is 0 Å². The fourth-order valence-corrected chi connectivity index (χ4v) is 2.06. The van der Waals surface area contributed by atoms with Gasteiger partial charge in [-0.1, -0.05) is 34.1 Å². The zero-order valence-corrected chi connectivity index (χ0v) is 12.6. The second kappa shape index (κ2) is 6.68. The second-order valence-corrected chi connectivity index (χ2v) is 5.16. The van der Waals surface area contributed by atoms with Crippen LogP contribution in [0.3, 0.4) is 0 Å². The van der Waals surface area contributed by atoms with E-state index in [0.29, 0.717) is 6.61 Å². The summed E-state index contributed by atoms with van der Waals surface area (Å²) >= 11 is 3.51. The molecule has 0 saturated heterocycles. The maximum absolute atomic E-state index is 5.73. The van der Waals surface area contributed by atoms with Crippen molar-refractivity contribution < 1.29 is 4.74 Å². The summed E-state index contributed by atoms with van der Waals surface area (Å²) in [5.41, 5.74) is 2.13. The Morgan fingerprint density at radius 2 is 2.05 bits per heavy atom. The van der Waals surface area contributed by atoms with Crippen LogP contribution in [0.15, 0.2) is 47.1 Å². The van der Waals surface area contributed by atoms with Crippen molar-refractivity contribution in [3.8, 4) is 5.75 Å². The lowest BCUT2D eigenvalue weighted by Gasteiger charge is -2.11. The number of hydrogen-bond acceptors (Lipinski definition) is 3. The van der Waals surface area contributed by atoms with E-state index in [4.69, 9.17) is 4.74 Å². The van der Waals surface area contributed by atoms with Gasteiger partial charge in [0, 0.05) is 16.1 Å². The Bertz CT molecular complexity index is 528. The van der Waals surface area contributed by atoms with E-state index in [9.17, 15) is 0 Å². The third-order valence-corrected chi connectivity index (χ3v) is 3.76. The van der Waals surface area contributed by atoms with Gasteiger partial charge in [0.05, 0.1) is 11.9 Å². The maximum Gasteiger partial charge on any atom is 0.138 e. The molecule has 0 aliphatic carbocycles. The molecule has 1 aromatic heterocycles. The molecule has 0 amide bonds. The minimum absolute atomic E-state index is 0.248. The Labute approximate surface area is 122 Å². The van der Waals surface area contributed by atoms with E-state index < -0.39 is 0 Å². The lowest BCUT2D eigenvalue weighted by molar-refractivity contribution is 0.304. The van der Waals surface area contributed by atoms with E-state index in [-0.39, 0.29) is 6.04 Å². The summed E-state index contributed by atoms with van der Waals surface area (Å²) in [7, 11) is 1.92. The van der Waals surface area contributed by atoms with Crippen LogP contribution in [-0.4, -0.2) is 12.0 Å². The number of aromatic nitrogens is 1. The molecule has 1 aromatic carbocycles. The molecule has 2 aromatic rings. The van der Waals surface area contributed by atoms with E-state index in [1.165, 1.54) is 0 Å². The second-order valence-electron chi connectivity index (χ2n) is 4.31. The van der Waals surface area contributed by atoms with Crippen LogP contribution in [0, 0.1) is 0 Å². The van der Waals surface area contributed by atoms with Gasteiger partial charge in [-0.15, -0.1) is 0 Å². The maximum atomic E-state index is 5.73. The first kappa shape index (κ1) is 14.0. The largest absolute Gasteiger partial charge is 0.487 e. The SMILES string of the molecule is CNC(C)c1ccc(OCc2ccccc2Br)cn1.